The normalized spacial score (nSPS) is 13.7. The zero-order chi connectivity index (χ0) is 20.4. The highest BCUT2D eigenvalue weighted by Gasteiger charge is 2.31. The Balaban J connectivity index is 1.84. The zero-order valence-electron chi connectivity index (χ0n) is 15.5. The van der Waals surface area contributed by atoms with Crippen LogP contribution in [0.25, 0.3) is 0 Å². The molecule has 144 valence electrons. The third kappa shape index (κ3) is 3.57. The summed E-state index contributed by atoms with van der Waals surface area (Å²) in [5.41, 5.74) is 1.25. The van der Waals surface area contributed by atoms with Gasteiger partial charge in [-0.05, 0) is 12.0 Å². The molecule has 0 spiro atoms. The van der Waals surface area contributed by atoms with E-state index >= 15 is 0 Å². The Kier molecular flexibility index (Phi) is 5.37. The lowest BCUT2D eigenvalue weighted by atomic mass is 9.83. The van der Waals surface area contributed by atoms with Crippen molar-refractivity contribution in [2.24, 2.45) is 5.92 Å². The molecule has 7 nitrogen and oxygen atoms in total. The monoisotopic (exact) mass is 380 g/mol. The first-order valence-corrected chi connectivity index (χ1v) is 8.88. The fourth-order valence-corrected chi connectivity index (χ4v) is 3.25. The Hall–Kier alpha value is -3.32. The first-order chi connectivity index (χ1) is 13.3. The van der Waals surface area contributed by atoms with Gasteiger partial charge >= 0.3 is 5.97 Å². The Morgan fingerprint density at radius 1 is 0.929 bits per heavy atom. The second-order valence-electron chi connectivity index (χ2n) is 6.92. The lowest BCUT2D eigenvalue weighted by Crippen LogP contribution is -2.44. The third-order valence-corrected chi connectivity index (χ3v) is 4.64. The van der Waals surface area contributed by atoms with Gasteiger partial charge in [0.2, 0.25) is 5.91 Å². The largest absolute Gasteiger partial charge is 0.480 e. The molecule has 7 heteroatoms. The molecule has 28 heavy (non-hydrogen) atoms. The number of fused-ring (bicyclic) bond motifs is 2. The summed E-state index contributed by atoms with van der Waals surface area (Å²) in [5.74, 6) is -2.35. The minimum atomic E-state index is -1.04. The molecule has 0 aromatic heterocycles. The minimum Gasteiger partial charge on any atom is -0.480 e. The van der Waals surface area contributed by atoms with Crippen molar-refractivity contribution in [3.05, 3.63) is 64.7 Å². The van der Waals surface area contributed by atoms with E-state index in [1.165, 1.54) is 0 Å². The van der Waals surface area contributed by atoms with Gasteiger partial charge in [0.25, 0.3) is 0 Å². The van der Waals surface area contributed by atoms with Crippen molar-refractivity contribution in [2.45, 2.75) is 19.9 Å². The summed E-state index contributed by atoms with van der Waals surface area (Å²) in [6.45, 7) is 3.23. The number of hydrogen-bond acceptors (Lipinski definition) is 5. The molecule has 0 bridgehead atoms. The molecule has 3 N–H and O–H groups in total. The Morgan fingerprint density at radius 2 is 1.54 bits per heavy atom. The highest BCUT2D eigenvalue weighted by atomic mass is 16.4. The minimum absolute atomic E-state index is 0.151. The molecule has 2 aromatic rings. The van der Waals surface area contributed by atoms with Crippen molar-refractivity contribution in [1.29, 1.82) is 0 Å². The van der Waals surface area contributed by atoms with Gasteiger partial charge in [0.15, 0.2) is 11.6 Å². The lowest BCUT2D eigenvalue weighted by molar-refractivity contribution is -0.140. The number of amides is 1. The van der Waals surface area contributed by atoms with E-state index in [-0.39, 0.29) is 40.8 Å². The van der Waals surface area contributed by atoms with Gasteiger partial charge in [0.1, 0.15) is 6.04 Å². The summed E-state index contributed by atoms with van der Waals surface area (Å²) in [5, 5.41) is 14.5. The summed E-state index contributed by atoms with van der Waals surface area (Å²) < 4.78 is 0. The molecule has 1 aliphatic carbocycles. The average molecular weight is 380 g/mol. The van der Waals surface area contributed by atoms with Crippen molar-refractivity contribution in [2.75, 3.05) is 11.9 Å². The van der Waals surface area contributed by atoms with E-state index < -0.39 is 17.9 Å². The maximum absolute atomic E-state index is 12.9. The predicted molar refractivity (Wildman–Crippen MR) is 103 cm³/mol. The van der Waals surface area contributed by atoms with Crippen LogP contribution in [0.5, 0.6) is 0 Å². The second kappa shape index (κ2) is 7.74. The number of carbonyl (C=O) groups is 4. The van der Waals surface area contributed by atoms with Crippen LogP contribution in [0.4, 0.5) is 5.69 Å². The van der Waals surface area contributed by atoms with Gasteiger partial charge in [0, 0.05) is 16.7 Å². The lowest BCUT2D eigenvalue weighted by Gasteiger charge is -2.21. The van der Waals surface area contributed by atoms with Gasteiger partial charge in [-0.15, -0.1) is 0 Å². The SMILES string of the molecule is CC(C)[C@H](NCC(=O)Nc1cccc2c1C(=O)c1ccccc1C2=O)C(=O)O. The second-order valence-corrected chi connectivity index (χ2v) is 6.92. The number of hydrogen-bond donors (Lipinski definition) is 3. The Morgan fingerprint density at radius 3 is 2.14 bits per heavy atom. The van der Waals surface area contributed by atoms with Crippen LogP contribution < -0.4 is 10.6 Å². The maximum Gasteiger partial charge on any atom is 0.320 e. The number of ketones is 2. The number of aliphatic carboxylic acids is 1. The van der Waals surface area contributed by atoms with E-state index in [0.717, 1.165) is 0 Å². The van der Waals surface area contributed by atoms with E-state index in [4.69, 9.17) is 0 Å². The summed E-state index contributed by atoms with van der Waals surface area (Å²) in [6, 6.07) is 10.4. The first kappa shape index (κ1) is 19.4. The molecule has 0 saturated carbocycles. The molecule has 0 fully saturated rings. The van der Waals surface area contributed by atoms with Crippen LogP contribution in [0.15, 0.2) is 42.5 Å². The molecule has 0 heterocycles. The van der Waals surface area contributed by atoms with Gasteiger partial charge in [-0.3, -0.25) is 24.5 Å². The summed E-state index contributed by atoms with van der Waals surface area (Å²) >= 11 is 0. The van der Waals surface area contributed by atoms with Gasteiger partial charge in [-0.2, -0.15) is 0 Å². The number of anilines is 1. The fourth-order valence-electron chi connectivity index (χ4n) is 3.25. The Labute approximate surface area is 161 Å². The fraction of sp³-hybridized carbons (Fsp3) is 0.238. The number of carboxylic acid groups (broad SMARTS) is 1. The van der Waals surface area contributed by atoms with Crippen LogP contribution in [-0.2, 0) is 9.59 Å². The summed E-state index contributed by atoms with van der Waals surface area (Å²) in [6.07, 6.45) is 0. The number of carboxylic acids is 1. The molecular weight excluding hydrogens is 360 g/mol. The molecule has 0 saturated heterocycles. The van der Waals surface area contributed by atoms with Crippen molar-refractivity contribution in [3.8, 4) is 0 Å². The highest BCUT2D eigenvalue weighted by molar-refractivity contribution is 6.30. The smallest absolute Gasteiger partial charge is 0.320 e. The topological polar surface area (TPSA) is 113 Å². The zero-order valence-corrected chi connectivity index (χ0v) is 15.5. The van der Waals surface area contributed by atoms with Gasteiger partial charge in [-0.1, -0.05) is 50.2 Å². The van der Waals surface area contributed by atoms with Crippen molar-refractivity contribution >= 4 is 29.1 Å². The molecule has 1 amide bonds. The van der Waals surface area contributed by atoms with Gasteiger partial charge < -0.3 is 10.4 Å². The molecule has 3 rings (SSSR count). The standard InChI is InChI=1S/C21H20N2O5/c1-11(2)18(21(27)28)22-10-16(24)23-15-9-5-8-14-17(15)20(26)13-7-4-3-6-12(13)19(14)25/h3-9,11,18,22H,10H2,1-2H3,(H,23,24)(H,27,28)/t18-/m0/s1. The molecule has 1 aliphatic rings. The van der Waals surface area contributed by atoms with Crippen LogP contribution in [0.2, 0.25) is 0 Å². The van der Waals surface area contributed by atoms with Gasteiger partial charge in [0.05, 0.1) is 17.8 Å². The van der Waals surface area contributed by atoms with Crippen molar-refractivity contribution in [1.82, 2.24) is 5.32 Å². The van der Waals surface area contributed by atoms with E-state index in [1.807, 2.05) is 0 Å². The molecule has 1 atom stereocenters. The highest BCUT2D eigenvalue weighted by Crippen LogP contribution is 2.31. The van der Waals surface area contributed by atoms with E-state index in [0.29, 0.717) is 11.1 Å². The number of carbonyl (C=O) groups excluding carboxylic acids is 3. The van der Waals surface area contributed by atoms with E-state index in [1.54, 1.807) is 56.3 Å². The van der Waals surface area contributed by atoms with Crippen molar-refractivity contribution < 1.29 is 24.3 Å². The van der Waals surface area contributed by atoms with Crippen LogP contribution in [0.3, 0.4) is 0 Å². The van der Waals surface area contributed by atoms with Crippen LogP contribution in [-0.4, -0.2) is 41.1 Å². The first-order valence-electron chi connectivity index (χ1n) is 8.88. The molecule has 0 aliphatic heterocycles. The maximum atomic E-state index is 12.9. The number of benzene rings is 2. The van der Waals surface area contributed by atoms with E-state index in [2.05, 4.69) is 10.6 Å². The van der Waals surface area contributed by atoms with Crippen LogP contribution in [0.1, 0.15) is 45.7 Å². The van der Waals surface area contributed by atoms with Crippen LogP contribution in [0, 0.1) is 5.92 Å². The van der Waals surface area contributed by atoms with Gasteiger partial charge in [-0.25, -0.2) is 0 Å². The summed E-state index contributed by atoms with van der Waals surface area (Å²) in [7, 11) is 0. The quantitative estimate of drug-likeness (QED) is 0.604. The Bertz CT molecular complexity index is 981. The summed E-state index contributed by atoms with van der Waals surface area (Å²) in [4.78, 5) is 49.2. The predicted octanol–water partition coefficient (Wildman–Crippen LogP) is 2.10. The number of nitrogens with one attached hydrogen (secondary N) is 2. The third-order valence-electron chi connectivity index (χ3n) is 4.64. The van der Waals surface area contributed by atoms with E-state index in [9.17, 15) is 24.3 Å². The molecule has 2 aromatic carbocycles. The molecule has 0 unspecified atom stereocenters. The molecular formula is C21H20N2O5. The van der Waals surface area contributed by atoms with Crippen LogP contribution >= 0.6 is 0 Å². The molecule has 0 radical (unpaired) electrons. The number of rotatable bonds is 6. The van der Waals surface area contributed by atoms with Crippen molar-refractivity contribution in [3.63, 3.8) is 0 Å². The average Bonchev–Trinajstić information content (AvgIpc) is 2.65.